The summed E-state index contributed by atoms with van der Waals surface area (Å²) in [5.41, 5.74) is 3.91. The van der Waals surface area contributed by atoms with Crippen molar-refractivity contribution in [1.82, 2.24) is 20.4 Å². The standard InChI is InChI=1S/C20H23FN4O2/c21-14-5-3-4-13(12-14)19-20(27)22-10-11-25(19)18(26)9-8-17-15-6-1-2-7-16(15)23-24-17/h3-5,12,19H,1-2,6-11H2,(H,22,27)(H,23,24)/t19-/m1/s1. The summed E-state index contributed by atoms with van der Waals surface area (Å²) >= 11 is 0. The van der Waals surface area contributed by atoms with E-state index in [1.54, 1.807) is 17.0 Å². The highest BCUT2D eigenvalue weighted by Crippen LogP contribution is 2.26. The van der Waals surface area contributed by atoms with Crippen molar-refractivity contribution in [3.05, 3.63) is 52.6 Å². The molecule has 2 aliphatic rings. The molecule has 1 aliphatic heterocycles. The molecule has 0 saturated carbocycles. The Morgan fingerprint density at radius 1 is 1.30 bits per heavy atom. The maximum Gasteiger partial charge on any atom is 0.247 e. The first kappa shape index (κ1) is 17.7. The molecule has 1 aromatic carbocycles. The summed E-state index contributed by atoms with van der Waals surface area (Å²) in [6, 6.07) is 5.11. The predicted octanol–water partition coefficient (Wildman–Crippen LogP) is 2.06. The van der Waals surface area contributed by atoms with Gasteiger partial charge in [0.25, 0.3) is 0 Å². The number of piperazine rings is 1. The smallest absolute Gasteiger partial charge is 0.247 e. The van der Waals surface area contributed by atoms with Crippen LogP contribution in [-0.4, -0.2) is 40.0 Å². The molecule has 0 radical (unpaired) electrons. The normalized spacial score (nSPS) is 19.5. The van der Waals surface area contributed by atoms with Gasteiger partial charge >= 0.3 is 0 Å². The Hall–Kier alpha value is -2.70. The number of hydrogen-bond acceptors (Lipinski definition) is 3. The number of nitrogens with one attached hydrogen (secondary N) is 2. The molecule has 1 aromatic heterocycles. The molecule has 1 aliphatic carbocycles. The van der Waals surface area contributed by atoms with Crippen LogP contribution in [0.2, 0.25) is 0 Å². The Morgan fingerprint density at radius 2 is 2.15 bits per heavy atom. The number of amides is 2. The summed E-state index contributed by atoms with van der Waals surface area (Å²) in [4.78, 5) is 26.9. The van der Waals surface area contributed by atoms with E-state index in [0.717, 1.165) is 25.0 Å². The van der Waals surface area contributed by atoms with Crippen LogP contribution in [0.4, 0.5) is 4.39 Å². The van der Waals surface area contributed by atoms with Gasteiger partial charge in [-0.15, -0.1) is 0 Å². The topological polar surface area (TPSA) is 78.1 Å². The maximum absolute atomic E-state index is 13.6. The zero-order valence-corrected chi connectivity index (χ0v) is 15.1. The van der Waals surface area contributed by atoms with Gasteiger partial charge in [-0.3, -0.25) is 14.7 Å². The molecule has 6 nitrogen and oxygen atoms in total. The van der Waals surface area contributed by atoms with Crippen LogP contribution in [0.25, 0.3) is 0 Å². The minimum absolute atomic E-state index is 0.105. The van der Waals surface area contributed by atoms with Crippen LogP contribution >= 0.6 is 0 Å². The van der Waals surface area contributed by atoms with Crippen LogP contribution in [0.1, 0.15) is 47.8 Å². The molecule has 1 fully saturated rings. The average Bonchev–Trinajstić information content (AvgIpc) is 3.09. The van der Waals surface area contributed by atoms with Gasteiger partial charge in [0.05, 0.1) is 5.69 Å². The molecule has 2 aromatic rings. The molecule has 0 bridgehead atoms. The van der Waals surface area contributed by atoms with Gasteiger partial charge in [0.2, 0.25) is 11.8 Å². The van der Waals surface area contributed by atoms with Crippen LogP contribution < -0.4 is 5.32 Å². The van der Waals surface area contributed by atoms with Crippen LogP contribution in [0.15, 0.2) is 24.3 Å². The molecule has 27 heavy (non-hydrogen) atoms. The quantitative estimate of drug-likeness (QED) is 0.865. The Morgan fingerprint density at radius 3 is 3.00 bits per heavy atom. The zero-order chi connectivity index (χ0) is 18.8. The highest BCUT2D eigenvalue weighted by Gasteiger charge is 2.34. The Bertz CT molecular complexity index is 863. The Balaban J connectivity index is 1.49. The van der Waals surface area contributed by atoms with Crippen molar-refractivity contribution < 1.29 is 14.0 Å². The fourth-order valence-corrected chi connectivity index (χ4v) is 4.07. The van der Waals surface area contributed by atoms with E-state index in [4.69, 9.17) is 0 Å². The molecule has 2 amide bonds. The molecule has 2 N–H and O–H groups in total. The van der Waals surface area contributed by atoms with Crippen LogP contribution in [-0.2, 0) is 28.9 Å². The van der Waals surface area contributed by atoms with Crippen LogP contribution in [0, 0.1) is 5.82 Å². The van der Waals surface area contributed by atoms with Gasteiger partial charge in [0.1, 0.15) is 11.9 Å². The minimum Gasteiger partial charge on any atom is -0.352 e. The summed E-state index contributed by atoms with van der Waals surface area (Å²) in [5, 5.41) is 10.3. The van der Waals surface area contributed by atoms with E-state index in [-0.39, 0.29) is 18.2 Å². The van der Waals surface area contributed by atoms with Gasteiger partial charge in [-0.05, 0) is 48.9 Å². The van der Waals surface area contributed by atoms with E-state index in [1.807, 2.05) is 0 Å². The second-order valence-electron chi connectivity index (χ2n) is 7.17. The first-order valence-electron chi connectivity index (χ1n) is 9.51. The van der Waals surface area contributed by atoms with Crippen molar-refractivity contribution in [2.24, 2.45) is 0 Å². The lowest BCUT2D eigenvalue weighted by Crippen LogP contribution is -2.52. The summed E-state index contributed by atoms with van der Waals surface area (Å²) in [6.45, 7) is 0.832. The molecule has 1 atom stereocenters. The summed E-state index contributed by atoms with van der Waals surface area (Å²) in [6.07, 6.45) is 5.19. The van der Waals surface area contributed by atoms with Crippen molar-refractivity contribution in [3.63, 3.8) is 0 Å². The molecular weight excluding hydrogens is 347 g/mol. The summed E-state index contributed by atoms with van der Waals surface area (Å²) in [7, 11) is 0. The maximum atomic E-state index is 13.6. The summed E-state index contributed by atoms with van der Waals surface area (Å²) < 4.78 is 13.6. The van der Waals surface area contributed by atoms with E-state index in [2.05, 4.69) is 15.5 Å². The fourth-order valence-electron chi connectivity index (χ4n) is 4.07. The highest BCUT2D eigenvalue weighted by atomic mass is 19.1. The monoisotopic (exact) mass is 370 g/mol. The number of carbonyl (C=O) groups excluding carboxylic acids is 2. The van der Waals surface area contributed by atoms with Crippen LogP contribution in [0.3, 0.4) is 0 Å². The molecule has 142 valence electrons. The van der Waals surface area contributed by atoms with Crippen molar-refractivity contribution >= 4 is 11.8 Å². The first-order valence-corrected chi connectivity index (χ1v) is 9.51. The number of hydrogen-bond donors (Lipinski definition) is 2. The number of H-pyrrole nitrogens is 1. The number of aromatic amines is 1. The number of aryl methyl sites for hydroxylation is 2. The van der Waals surface area contributed by atoms with Gasteiger partial charge in [-0.25, -0.2) is 4.39 Å². The molecule has 4 rings (SSSR count). The third kappa shape index (κ3) is 3.59. The summed E-state index contributed by atoms with van der Waals surface area (Å²) in [5.74, 6) is -0.787. The van der Waals surface area contributed by atoms with Gasteiger partial charge < -0.3 is 10.2 Å². The van der Waals surface area contributed by atoms with E-state index < -0.39 is 11.9 Å². The lowest BCUT2D eigenvalue weighted by Gasteiger charge is -2.35. The number of nitrogens with zero attached hydrogens (tertiary/aromatic N) is 2. The average molecular weight is 370 g/mol. The second kappa shape index (κ2) is 7.50. The number of benzene rings is 1. The van der Waals surface area contributed by atoms with E-state index >= 15 is 0 Å². The van der Waals surface area contributed by atoms with Gasteiger partial charge in [0, 0.05) is 31.6 Å². The van der Waals surface area contributed by atoms with Gasteiger partial charge in [-0.1, -0.05) is 12.1 Å². The van der Waals surface area contributed by atoms with Gasteiger partial charge in [-0.2, -0.15) is 5.10 Å². The molecule has 2 heterocycles. The first-order chi connectivity index (χ1) is 13.1. The molecular formula is C20H23FN4O2. The van der Waals surface area contributed by atoms with Crippen molar-refractivity contribution in [1.29, 1.82) is 0 Å². The number of carbonyl (C=O) groups is 2. The highest BCUT2D eigenvalue weighted by molar-refractivity contribution is 5.89. The number of rotatable bonds is 4. The fraction of sp³-hybridized carbons (Fsp3) is 0.450. The van der Waals surface area contributed by atoms with E-state index in [9.17, 15) is 14.0 Å². The third-order valence-corrected chi connectivity index (χ3v) is 5.41. The molecule has 1 saturated heterocycles. The molecule has 0 unspecified atom stereocenters. The predicted molar refractivity (Wildman–Crippen MR) is 97.4 cm³/mol. The largest absolute Gasteiger partial charge is 0.352 e. The van der Waals surface area contributed by atoms with Crippen molar-refractivity contribution in [3.8, 4) is 0 Å². The minimum atomic E-state index is -0.782. The van der Waals surface area contributed by atoms with Crippen molar-refractivity contribution in [2.45, 2.75) is 44.6 Å². The van der Waals surface area contributed by atoms with Gasteiger partial charge in [0.15, 0.2) is 0 Å². The molecule has 7 heteroatoms. The third-order valence-electron chi connectivity index (χ3n) is 5.41. The van der Waals surface area contributed by atoms with E-state index in [1.165, 1.54) is 29.8 Å². The van der Waals surface area contributed by atoms with E-state index in [0.29, 0.717) is 25.1 Å². The number of fused-ring (bicyclic) bond motifs is 1. The zero-order valence-electron chi connectivity index (χ0n) is 15.1. The molecule has 0 spiro atoms. The lowest BCUT2D eigenvalue weighted by molar-refractivity contribution is -0.143. The Kier molecular flexibility index (Phi) is 4.92. The lowest BCUT2D eigenvalue weighted by atomic mass is 9.94. The second-order valence-corrected chi connectivity index (χ2v) is 7.17. The Labute approximate surface area is 157 Å². The number of aromatic nitrogens is 2. The van der Waals surface area contributed by atoms with Crippen molar-refractivity contribution in [2.75, 3.05) is 13.1 Å². The SMILES string of the molecule is O=C1NCCN(C(=O)CCc2n[nH]c3c2CCCC3)[C@@H]1c1cccc(F)c1. The number of halogens is 1. The van der Waals surface area contributed by atoms with Crippen LogP contribution in [0.5, 0.6) is 0 Å².